The summed E-state index contributed by atoms with van der Waals surface area (Å²) >= 11 is 1.60. The Hall–Kier alpha value is -2.21. The number of hydrogen-bond acceptors (Lipinski definition) is 5. The fourth-order valence-electron chi connectivity index (χ4n) is 2.16. The first-order valence-electron chi connectivity index (χ1n) is 6.65. The Morgan fingerprint density at radius 3 is 2.52 bits per heavy atom. The molecule has 5 nitrogen and oxygen atoms in total. The van der Waals surface area contributed by atoms with Gasteiger partial charge >= 0.3 is 0 Å². The zero-order valence-corrected chi connectivity index (χ0v) is 13.3. The van der Waals surface area contributed by atoms with E-state index in [0.29, 0.717) is 0 Å². The fourth-order valence-corrected chi connectivity index (χ4v) is 3.02. The molecular weight excluding hydrogens is 282 g/mol. The SMILES string of the molecule is Cc1cc(-c2cnn(C)c2)ccc1-c1nnc(N(C)C)s1. The normalized spacial score (nSPS) is 10.9. The summed E-state index contributed by atoms with van der Waals surface area (Å²) in [6.07, 6.45) is 3.90. The minimum atomic E-state index is 0.917. The number of aromatic nitrogens is 4. The van der Waals surface area contributed by atoms with Gasteiger partial charge in [0.15, 0.2) is 0 Å². The van der Waals surface area contributed by atoms with E-state index < -0.39 is 0 Å². The first-order chi connectivity index (χ1) is 10.0. The summed E-state index contributed by atoms with van der Waals surface area (Å²) in [5, 5.41) is 14.6. The van der Waals surface area contributed by atoms with Crippen molar-refractivity contribution in [3.63, 3.8) is 0 Å². The van der Waals surface area contributed by atoms with Crippen molar-refractivity contribution in [3.8, 4) is 21.7 Å². The number of aryl methyl sites for hydroxylation is 2. The molecule has 0 aliphatic heterocycles. The van der Waals surface area contributed by atoms with Crippen molar-refractivity contribution in [3.05, 3.63) is 36.2 Å². The summed E-state index contributed by atoms with van der Waals surface area (Å²) < 4.78 is 1.81. The lowest BCUT2D eigenvalue weighted by Gasteiger charge is -2.05. The van der Waals surface area contributed by atoms with Crippen LogP contribution in [0, 0.1) is 6.92 Å². The second-order valence-corrected chi connectivity index (χ2v) is 6.17. The molecular formula is C15H17N5S. The van der Waals surface area contributed by atoms with E-state index >= 15 is 0 Å². The van der Waals surface area contributed by atoms with Gasteiger partial charge < -0.3 is 4.90 Å². The van der Waals surface area contributed by atoms with Crippen LogP contribution in [-0.4, -0.2) is 34.1 Å². The first kappa shape index (κ1) is 13.8. The van der Waals surface area contributed by atoms with Crippen molar-refractivity contribution in [1.82, 2.24) is 20.0 Å². The van der Waals surface area contributed by atoms with Gasteiger partial charge in [-0.05, 0) is 18.1 Å². The summed E-state index contributed by atoms with van der Waals surface area (Å²) in [6, 6.07) is 6.39. The zero-order valence-electron chi connectivity index (χ0n) is 12.5. The highest BCUT2D eigenvalue weighted by atomic mass is 32.1. The molecule has 2 heterocycles. The fraction of sp³-hybridized carbons (Fsp3) is 0.267. The molecule has 0 atom stereocenters. The molecule has 3 aromatic rings. The number of anilines is 1. The first-order valence-corrected chi connectivity index (χ1v) is 7.47. The van der Waals surface area contributed by atoms with Crippen molar-refractivity contribution in [2.24, 2.45) is 7.05 Å². The van der Waals surface area contributed by atoms with Gasteiger partial charge in [-0.2, -0.15) is 5.10 Å². The van der Waals surface area contributed by atoms with E-state index in [4.69, 9.17) is 0 Å². The summed E-state index contributed by atoms with van der Waals surface area (Å²) in [5.41, 5.74) is 4.62. The van der Waals surface area contributed by atoms with Crippen molar-refractivity contribution >= 4 is 16.5 Å². The van der Waals surface area contributed by atoms with Gasteiger partial charge in [0.2, 0.25) is 5.13 Å². The second-order valence-electron chi connectivity index (χ2n) is 5.22. The summed E-state index contributed by atoms with van der Waals surface area (Å²) in [6.45, 7) is 2.10. The molecule has 0 amide bonds. The lowest BCUT2D eigenvalue weighted by Crippen LogP contribution is -2.07. The van der Waals surface area contributed by atoms with E-state index in [0.717, 1.165) is 21.3 Å². The average Bonchev–Trinajstić information content (AvgIpc) is 3.07. The van der Waals surface area contributed by atoms with Crippen LogP contribution in [0.25, 0.3) is 21.7 Å². The molecule has 21 heavy (non-hydrogen) atoms. The van der Waals surface area contributed by atoms with Crippen LogP contribution in [0.2, 0.25) is 0 Å². The van der Waals surface area contributed by atoms with E-state index in [2.05, 4.69) is 40.4 Å². The van der Waals surface area contributed by atoms with Crippen LogP contribution in [0.15, 0.2) is 30.6 Å². The van der Waals surface area contributed by atoms with Crippen molar-refractivity contribution in [1.29, 1.82) is 0 Å². The van der Waals surface area contributed by atoms with Crippen molar-refractivity contribution in [2.45, 2.75) is 6.92 Å². The minimum Gasteiger partial charge on any atom is -0.353 e. The van der Waals surface area contributed by atoms with Crippen molar-refractivity contribution < 1.29 is 0 Å². The molecule has 2 aromatic heterocycles. The Labute approximate surface area is 127 Å². The van der Waals surface area contributed by atoms with Gasteiger partial charge in [-0.25, -0.2) is 0 Å². The number of hydrogen-bond donors (Lipinski definition) is 0. The predicted molar refractivity (Wildman–Crippen MR) is 86.6 cm³/mol. The Kier molecular flexibility index (Phi) is 3.47. The van der Waals surface area contributed by atoms with Crippen molar-refractivity contribution in [2.75, 3.05) is 19.0 Å². The lowest BCUT2D eigenvalue weighted by molar-refractivity contribution is 0.768. The molecule has 6 heteroatoms. The van der Waals surface area contributed by atoms with Crippen LogP contribution in [0.5, 0.6) is 0 Å². The van der Waals surface area contributed by atoms with Gasteiger partial charge in [-0.1, -0.05) is 29.5 Å². The molecule has 0 radical (unpaired) electrons. The van der Waals surface area contributed by atoms with Gasteiger partial charge in [0.25, 0.3) is 0 Å². The molecule has 1 aromatic carbocycles. The lowest BCUT2D eigenvalue weighted by atomic mass is 10.0. The molecule has 0 N–H and O–H groups in total. The van der Waals surface area contributed by atoms with E-state index in [1.54, 1.807) is 11.3 Å². The van der Waals surface area contributed by atoms with E-state index in [1.165, 1.54) is 11.1 Å². The van der Waals surface area contributed by atoms with Crippen LogP contribution in [0.3, 0.4) is 0 Å². The maximum atomic E-state index is 4.29. The Morgan fingerprint density at radius 2 is 1.95 bits per heavy atom. The highest BCUT2D eigenvalue weighted by Crippen LogP contribution is 2.32. The molecule has 0 aliphatic rings. The molecule has 108 valence electrons. The molecule has 0 spiro atoms. The Morgan fingerprint density at radius 1 is 1.14 bits per heavy atom. The second kappa shape index (κ2) is 5.29. The van der Waals surface area contributed by atoms with E-state index in [-0.39, 0.29) is 0 Å². The van der Waals surface area contributed by atoms with Gasteiger partial charge in [0, 0.05) is 38.5 Å². The molecule has 0 fully saturated rings. The summed E-state index contributed by atoms with van der Waals surface area (Å²) in [4.78, 5) is 1.97. The smallest absolute Gasteiger partial charge is 0.208 e. The van der Waals surface area contributed by atoms with Gasteiger partial charge in [0.1, 0.15) is 5.01 Å². The zero-order chi connectivity index (χ0) is 15.0. The van der Waals surface area contributed by atoms with E-state index in [9.17, 15) is 0 Å². The molecule has 0 bridgehead atoms. The monoisotopic (exact) mass is 299 g/mol. The molecule has 0 saturated carbocycles. The molecule has 3 rings (SSSR count). The Balaban J connectivity index is 1.97. The maximum Gasteiger partial charge on any atom is 0.208 e. The molecule has 0 saturated heterocycles. The third-order valence-electron chi connectivity index (χ3n) is 3.29. The van der Waals surface area contributed by atoms with Crippen LogP contribution in [0.4, 0.5) is 5.13 Å². The molecule has 0 unspecified atom stereocenters. The summed E-state index contributed by atoms with van der Waals surface area (Å²) in [5.74, 6) is 0. The van der Waals surface area contributed by atoms with Crippen LogP contribution >= 0.6 is 11.3 Å². The quantitative estimate of drug-likeness (QED) is 0.746. The number of nitrogens with zero attached hydrogens (tertiary/aromatic N) is 5. The number of benzene rings is 1. The minimum absolute atomic E-state index is 0.917. The highest BCUT2D eigenvalue weighted by Gasteiger charge is 2.11. The Bertz CT molecular complexity index is 772. The van der Waals surface area contributed by atoms with Crippen LogP contribution < -0.4 is 4.90 Å². The van der Waals surface area contributed by atoms with Gasteiger partial charge in [-0.3, -0.25) is 4.68 Å². The molecule has 0 aliphatic carbocycles. The van der Waals surface area contributed by atoms with E-state index in [1.807, 2.05) is 43.1 Å². The van der Waals surface area contributed by atoms with Gasteiger partial charge in [0.05, 0.1) is 6.20 Å². The predicted octanol–water partition coefficient (Wildman–Crippen LogP) is 2.98. The maximum absolute atomic E-state index is 4.29. The topological polar surface area (TPSA) is 46.8 Å². The summed E-state index contributed by atoms with van der Waals surface area (Å²) in [7, 11) is 5.88. The third kappa shape index (κ3) is 2.67. The van der Waals surface area contributed by atoms with Gasteiger partial charge in [-0.15, -0.1) is 10.2 Å². The largest absolute Gasteiger partial charge is 0.353 e. The standard InChI is InChI=1S/C15H17N5S/c1-10-7-11(12-8-16-20(4)9-12)5-6-13(10)14-17-18-15(21-14)19(2)3/h5-9H,1-4H3. The van der Waals surface area contributed by atoms with Crippen LogP contribution in [0.1, 0.15) is 5.56 Å². The number of rotatable bonds is 3. The third-order valence-corrected chi connectivity index (χ3v) is 4.42. The average molecular weight is 299 g/mol. The van der Waals surface area contributed by atoms with Crippen LogP contribution in [-0.2, 0) is 7.05 Å². The highest BCUT2D eigenvalue weighted by molar-refractivity contribution is 7.18.